The number of aliphatic hydroxyl groups is 1. The van der Waals surface area contributed by atoms with E-state index in [2.05, 4.69) is 4.98 Å². The summed E-state index contributed by atoms with van der Waals surface area (Å²) >= 11 is 0. The smallest absolute Gasteiger partial charge is 0.368 e. The standard InChI is InChI=1S/C5H7N3O3/c1-7-3-6-5(8(10)11)4(7)2-9/h3,9H,2H2,1H3/p+1. The van der Waals surface area contributed by atoms with Gasteiger partial charge in [0, 0.05) is 0 Å². The highest BCUT2D eigenvalue weighted by molar-refractivity contribution is 5.19. The molecule has 0 radical (unpaired) electrons. The highest BCUT2D eigenvalue weighted by atomic mass is 16.6. The van der Waals surface area contributed by atoms with Crippen LogP contribution in [0.15, 0.2) is 6.33 Å². The minimum absolute atomic E-state index is 0.157. The molecule has 1 rings (SSSR count). The van der Waals surface area contributed by atoms with E-state index in [1.807, 2.05) is 0 Å². The van der Waals surface area contributed by atoms with Crippen LogP contribution in [0.2, 0.25) is 0 Å². The van der Waals surface area contributed by atoms with Crippen LogP contribution in [0.3, 0.4) is 0 Å². The van der Waals surface area contributed by atoms with E-state index in [-0.39, 0.29) is 18.1 Å². The Morgan fingerprint density at radius 1 is 1.91 bits per heavy atom. The van der Waals surface area contributed by atoms with Gasteiger partial charge < -0.3 is 15.2 Å². The van der Waals surface area contributed by atoms with Crippen molar-refractivity contribution in [3.05, 3.63) is 22.1 Å². The molecule has 11 heavy (non-hydrogen) atoms. The van der Waals surface area contributed by atoms with Crippen LogP contribution in [-0.2, 0) is 13.7 Å². The molecule has 0 aliphatic heterocycles. The largest absolute Gasteiger partial charge is 0.388 e. The fourth-order valence-corrected chi connectivity index (χ4v) is 0.831. The first-order valence-corrected chi connectivity index (χ1v) is 2.98. The van der Waals surface area contributed by atoms with Gasteiger partial charge >= 0.3 is 5.82 Å². The molecule has 0 atom stereocenters. The topological polar surface area (TPSA) is 83.0 Å². The third-order valence-corrected chi connectivity index (χ3v) is 1.43. The molecule has 1 aromatic heterocycles. The Bertz CT molecular complexity index is 281. The monoisotopic (exact) mass is 158 g/mol. The number of rotatable bonds is 2. The summed E-state index contributed by atoms with van der Waals surface area (Å²) in [5, 5.41) is 18.9. The van der Waals surface area contributed by atoms with Crippen LogP contribution in [-0.4, -0.2) is 15.0 Å². The average Bonchev–Trinajstić information content (AvgIpc) is 2.30. The van der Waals surface area contributed by atoms with Crippen LogP contribution in [0, 0.1) is 10.1 Å². The number of aryl methyl sites for hydroxylation is 1. The number of aromatic nitrogens is 2. The number of imidazole rings is 1. The van der Waals surface area contributed by atoms with Gasteiger partial charge in [0.25, 0.3) is 0 Å². The molecule has 0 spiro atoms. The Kier molecular flexibility index (Phi) is 1.86. The van der Waals surface area contributed by atoms with E-state index in [1.165, 1.54) is 10.9 Å². The molecule has 2 N–H and O–H groups in total. The number of hydrogen-bond acceptors (Lipinski definition) is 3. The zero-order chi connectivity index (χ0) is 8.43. The molecule has 6 nitrogen and oxygen atoms in total. The summed E-state index contributed by atoms with van der Waals surface area (Å²) in [6.45, 7) is -0.337. The molecule has 0 unspecified atom stereocenters. The van der Waals surface area contributed by atoms with Crippen LogP contribution in [0.25, 0.3) is 0 Å². The molecular weight excluding hydrogens is 150 g/mol. The van der Waals surface area contributed by atoms with Crippen LogP contribution in [0.1, 0.15) is 5.69 Å². The maximum atomic E-state index is 10.2. The van der Waals surface area contributed by atoms with Gasteiger partial charge in [-0.15, -0.1) is 0 Å². The van der Waals surface area contributed by atoms with Crippen LogP contribution >= 0.6 is 0 Å². The number of nitro groups is 1. The summed E-state index contributed by atoms with van der Waals surface area (Å²) in [5.41, 5.74) is 0.273. The maximum absolute atomic E-state index is 10.2. The van der Waals surface area contributed by atoms with E-state index < -0.39 is 4.92 Å². The SMILES string of the molecule is C[n+]1c[nH]c([N+](=O)[O-])c1CO. The number of nitrogens with one attached hydrogen (secondary N) is 1. The van der Waals surface area contributed by atoms with Gasteiger partial charge in [0.1, 0.15) is 6.61 Å². The van der Waals surface area contributed by atoms with Crippen molar-refractivity contribution in [2.24, 2.45) is 7.05 Å². The van der Waals surface area contributed by atoms with Crippen molar-refractivity contribution in [3.63, 3.8) is 0 Å². The molecule has 60 valence electrons. The van der Waals surface area contributed by atoms with E-state index in [4.69, 9.17) is 5.11 Å². The Hall–Kier alpha value is -1.43. The van der Waals surface area contributed by atoms with Gasteiger partial charge in [-0.05, 0) is 4.92 Å². The highest BCUT2D eigenvalue weighted by Crippen LogP contribution is 2.09. The van der Waals surface area contributed by atoms with E-state index in [9.17, 15) is 10.1 Å². The third-order valence-electron chi connectivity index (χ3n) is 1.43. The lowest BCUT2D eigenvalue weighted by Crippen LogP contribution is -2.30. The minimum atomic E-state index is -0.564. The van der Waals surface area contributed by atoms with Gasteiger partial charge in [0.05, 0.1) is 7.05 Å². The maximum Gasteiger partial charge on any atom is 0.368 e. The Morgan fingerprint density at radius 3 is 2.91 bits per heavy atom. The van der Waals surface area contributed by atoms with Gasteiger partial charge in [0.2, 0.25) is 12.0 Å². The van der Waals surface area contributed by atoms with E-state index in [0.717, 1.165) is 0 Å². The number of hydrogen-bond donors (Lipinski definition) is 2. The number of nitrogens with zero attached hydrogens (tertiary/aromatic N) is 2. The van der Waals surface area contributed by atoms with Crippen molar-refractivity contribution in [1.82, 2.24) is 4.98 Å². The summed E-state index contributed by atoms with van der Waals surface area (Å²) in [6, 6.07) is 0. The Balaban J connectivity index is 3.15. The first kappa shape index (κ1) is 7.67. The molecule has 0 aliphatic carbocycles. The Labute approximate surface area is 62.2 Å². The van der Waals surface area contributed by atoms with Crippen molar-refractivity contribution >= 4 is 5.82 Å². The lowest BCUT2D eigenvalue weighted by molar-refractivity contribution is -0.680. The first-order chi connectivity index (χ1) is 5.16. The normalized spacial score (nSPS) is 10.0. The minimum Gasteiger partial charge on any atom is -0.388 e. The fourth-order valence-electron chi connectivity index (χ4n) is 0.831. The van der Waals surface area contributed by atoms with Crippen molar-refractivity contribution in [1.29, 1.82) is 0 Å². The summed E-state index contributed by atoms with van der Waals surface area (Å²) in [6.07, 6.45) is 1.42. The van der Waals surface area contributed by atoms with E-state index in [0.29, 0.717) is 0 Å². The Morgan fingerprint density at radius 2 is 2.55 bits per heavy atom. The summed E-state index contributed by atoms with van der Waals surface area (Å²) in [5.74, 6) is -0.157. The predicted molar refractivity (Wildman–Crippen MR) is 34.5 cm³/mol. The molecule has 0 aliphatic rings. The molecule has 0 bridgehead atoms. The van der Waals surface area contributed by atoms with E-state index >= 15 is 0 Å². The van der Waals surface area contributed by atoms with Gasteiger partial charge in [-0.25, -0.2) is 9.55 Å². The summed E-state index contributed by atoms with van der Waals surface area (Å²) in [4.78, 5) is 12.1. The van der Waals surface area contributed by atoms with Crippen LogP contribution in [0.5, 0.6) is 0 Å². The van der Waals surface area contributed by atoms with Gasteiger partial charge in [-0.1, -0.05) is 0 Å². The molecule has 0 aromatic carbocycles. The molecule has 0 amide bonds. The van der Waals surface area contributed by atoms with Crippen LogP contribution in [0.4, 0.5) is 5.82 Å². The first-order valence-electron chi connectivity index (χ1n) is 2.98. The number of H-pyrrole nitrogens is 1. The second-order valence-corrected chi connectivity index (χ2v) is 2.09. The lowest BCUT2D eigenvalue weighted by Gasteiger charge is -1.91. The van der Waals surface area contributed by atoms with E-state index in [1.54, 1.807) is 7.05 Å². The van der Waals surface area contributed by atoms with Crippen molar-refractivity contribution in [2.75, 3.05) is 0 Å². The summed E-state index contributed by atoms with van der Waals surface area (Å²) in [7, 11) is 1.62. The molecule has 0 saturated heterocycles. The lowest BCUT2D eigenvalue weighted by atomic mass is 10.4. The molecule has 6 heteroatoms. The highest BCUT2D eigenvalue weighted by Gasteiger charge is 2.19. The van der Waals surface area contributed by atoms with Gasteiger partial charge in [0.15, 0.2) is 0 Å². The molecular formula is C5H8N3O3+. The average molecular weight is 158 g/mol. The quantitative estimate of drug-likeness (QED) is 0.337. The molecule has 1 aromatic rings. The number of aromatic amines is 1. The summed E-state index contributed by atoms with van der Waals surface area (Å²) < 4.78 is 1.47. The second-order valence-electron chi connectivity index (χ2n) is 2.09. The third kappa shape index (κ3) is 1.20. The number of aliphatic hydroxyl groups excluding tert-OH is 1. The van der Waals surface area contributed by atoms with Gasteiger partial charge in [-0.2, -0.15) is 0 Å². The molecule has 0 fully saturated rings. The predicted octanol–water partition coefficient (Wildman–Crippen LogP) is -0.760. The van der Waals surface area contributed by atoms with Crippen molar-refractivity contribution < 1.29 is 14.6 Å². The zero-order valence-electron chi connectivity index (χ0n) is 5.94. The van der Waals surface area contributed by atoms with Crippen LogP contribution < -0.4 is 4.57 Å². The molecule has 1 heterocycles. The van der Waals surface area contributed by atoms with Gasteiger partial charge in [-0.3, -0.25) is 0 Å². The van der Waals surface area contributed by atoms with Crippen molar-refractivity contribution in [3.8, 4) is 0 Å². The fraction of sp³-hybridized carbons (Fsp3) is 0.400. The second kappa shape index (κ2) is 2.67. The van der Waals surface area contributed by atoms with Crippen molar-refractivity contribution in [2.45, 2.75) is 6.61 Å². The zero-order valence-corrected chi connectivity index (χ0v) is 5.94. The molecule has 0 saturated carbocycles.